The Morgan fingerprint density at radius 1 is 1.44 bits per heavy atom. The quantitative estimate of drug-likeness (QED) is 0.716. The summed E-state index contributed by atoms with van der Waals surface area (Å²) in [6.07, 6.45) is 1.35. The average Bonchev–Trinajstić information content (AvgIpc) is 2.73. The second-order valence-corrected chi connectivity index (χ2v) is 5.20. The van der Waals surface area contributed by atoms with Crippen LogP contribution in [0.1, 0.15) is 27.2 Å². The van der Waals surface area contributed by atoms with Crippen molar-refractivity contribution in [1.82, 2.24) is 10.2 Å². The predicted octanol–water partition coefficient (Wildman–Crippen LogP) is 1.59. The zero-order chi connectivity index (χ0) is 12.0. The number of nitrogens with one attached hydrogen (secondary N) is 1. The summed E-state index contributed by atoms with van der Waals surface area (Å²) in [5, 5.41) is 3.43. The summed E-state index contributed by atoms with van der Waals surface area (Å²) in [6, 6.07) is 0.550. The van der Waals surface area contributed by atoms with Crippen molar-refractivity contribution in [3.63, 3.8) is 0 Å². The maximum atomic E-state index is 5.33. The van der Waals surface area contributed by atoms with Crippen LogP contribution in [0.4, 0.5) is 0 Å². The molecule has 0 aromatic heterocycles. The molecule has 1 N–H and O–H groups in total. The Hall–Kier alpha value is -0.120. The van der Waals surface area contributed by atoms with Gasteiger partial charge in [-0.1, -0.05) is 20.8 Å². The van der Waals surface area contributed by atoms with Crippen molar-refractivity contribution in [2.75, 3.05) is 39.9 Å². The van der Waals surface area contributed by atoms with Gasteiger partial charge in [0, 0.05) is 26.2 Å². The van der Waals surface area contributed by atoms with E-state index in [0.29, 0.717) is 6.04 Å². The molecule has 16 heavy (non-hydrogen) atoms. The summed E-state index contributed by atoms with van der Waals surface area (Å²) >= 11 is 0. The summed E-state index contributed by atoms with van der Waals surface area (Å²) in [4.78, 5) is 2.59. The number of ether oxygens (including phenoxy) is 1. The molecule has 96 valence electrons. The number of hydrogen-bond acceptors (Lipinski definition) is 3. The average molecular weight is 228 g/mol. The Morgan fingerprint density at radius 2 is 2.19 bits per heavy atom. The van der Waals surface area contributed by atoms with Gasteiger partial charge in [0.05, 0.1) is 6.61 Å². The lowest BCUT2D eigenvalue weighted by atomic mass is 9.95. The van der Waals surface area contributed by atoms with Crippen LogP contribution in [-0.2, 0) is 4.74 Å². The van der Waals surface area contributed by atoms with Crippen LogP contribution in [-0.4, -0.2) is 50.8 Å². The SMILES string of the molecule is CCNCC(COC)N1CCC(C(C)C)C1. The molecular formula is C13H28N2O. The van der Waals surface area contributed by atoms with Crippen molar-refractivity contribution in [3.05, 3.63) is 0 Å². The first-order valence-electron chi connectivity index (χ1n) is 6.62. The highest BCUT2D eigenvalue weighted by atomic mass is 16.5. The van der Waals surface area contributed by atoms with E-state index in [1.807, 2.05) is 0 Å². The molecule has 0 saturated carbocycles. The van der Waals surface area contributed by atoms with E-state index >= 15 is 0 Å². The maximum Gasteiger partial charge on any atom is 0.0630 e. The molecule has 2 atom stereocenters. The van der Waals surface area contributed by atoms with Gasteiger partial charge in [-0.05, 0) is 31.3 Å². The highest BCUT2D eigenvalue weighted by Gasteiger charge is 2.29. The minimum absolute atomic E-state index is 0.550. The normalized spacial score (nSPS) is 24.2. The molecule has 0 radical (unpaired) electrons. The van der Waals surface area contributed by atoms with Crippen LogP contribution in [0.25, 0.3) is 0 Å². The summed E-state index contributed by atoms with van der Waals surface area (Å²) in [6.45, 7) is 12.3. The summed E-state index contributed by atoms with van der Waals surface area (Å²) < 4.78 is 5.33. The first kappa shape index (κ1) is 13.9. The third kappa shape index (κ3) is 4.04. The zero-order valence-electron chi connectivity index (χ0n) is 11.3. The molecule has 0 bridgehead atoms. The van der Waals surface area contributed by atoms with Crippen LogP contribution in [0.2, 0.25) is 0 Å². The molecule has 1 heterocycles. The number of hydrogen-bond donors (Lipinski definition) is 1. The molecule has 1 fully saturated rings. The standard InChI is InChI=1S/C13H28N2O/c1-5-14-8-13(10-16-4)15-7-6-12(9-15)11(2)3/h11-14H,5-10H2,1-4H3. The van der Waals surface area contributed by atoms with Crippen molar-refractivity contribution < 1.29 is 4.74 Å². The van der Waals surface area contributed by atoms with Crippen LogP contribution in [0.15, 0.2) is 0 Å². The van der Waals surface area contributed by atoms with Gasteiger partial charge in [0.1, 0.15) is 0 Å². The summed E-state index contributed by atoms with van der Waals surface area (Å²) in [7, 11) is 1.80. The van der Waals surface area contributed by atoms with E-state index in [-0.39, 0.29) is 0 Å². The van der Waals surface area contributed by atoms with Gasteiger partial charge in [-0.3, -0.25) is 4.90 Å². The van der Waals surface area contributed by atoms with Crippen molar-refractivity contribution in [3.8, 4) is 0 Å². The van der Waals surface area contributed by atoms with E-state index in [9.17, 15) is 0 Å². The molecule has 3 nitrogen and oxygen atoms in total. The molecule has 0 spiro atoms. The highest BCUT2D eigenvalue weighted by molar-refractivity contribution is 4.83. The van der Waals surface area contributed by atoms with Crippen LogP contribution in [0.5, 0.6) is 0 Å². The second-order valence-electron chi connectivity index (χ2n) is 5.20. The largest absolute Gasteiger partial charge is 0.383 e. The third-order valence-electron chi connectivity index (χ3n) is 3.70. The van der Waals surface area contributed by atoms with Gasteiger partial charge in [0.15, 0.2) is 0 Å². The lowest BCUT2D eigenvalue weighted by Crippen LogP contribution is -2.44. The van der Waals surface area contributed by atoms with E-state index in [1.165, 1.54) is 19.5 Å². The Kier molecular flexibility index (Phi) is 6.32. The minimum Gasteiger partial charge on any atom is -0.383 e. The molecule has 1 saturated heterocycles. The predicted molar refractivity (Wildman–Crippen MR) is 68.7 cm³/mol. The van der Waals surface area contributed by atoms with Gasteiger partial charge < -0.3 is 10.1 Å². The number of nitrogens with zero attached hydrogens (tertiary/aromatic N) is 1. The Labute approximate surface area is 101 Å². The fourth-order valence-electron chi connectivity index (χ4n) is 2.49. The Balaban J connectivity index is 2.40. The molecule has 1 aliphatic heterocycles. The number of methoxy groups -OCH3 is 1. The van der Waals surface area contributed by atoms with E-state index in [4.69, 9.17) is 4.74 Å². The maximum absolute atomic E-state index is 5.33. The molecule has 1 aliphatic rings. The topological polar surface area (TPSA) is 24.5 Å². The second kappa shape index (κ2) is 7.25. The van der Waals surface area contributed by atoms with E-state index < -0.39 is 0 Å². The molecule has 0 aliphatic carbocycles. The van der Waals surface area contributed by atoms with Gasteiger partial charge in [0.2, 0.25) is 0 Å². The van der Waals surface area contributed by atoms with Crippen molar-refractivity contribution in [1.29, 1.82) is 0 Å². The first-order chi connectivity index (χ1) is 7.69. The summed E-state index contributed by atoms with van der Waals surface area (Å²) in [5.41, 5.74) is 0. The Bertz CT molecular complexity index is 185. The first-order valence-corrected chi connectivity index (χ1v) is 6.62. The van der Waals surface area contributed by atoms with Gasteiger partial charge in [-0.15, -0.1) is 0 Å². The van der Waals surface area contributed by atoms with Crippen LogP contribution < -0.4 is 5.32 Å². The zero-order valence-corrected chi connectivity index (χ0v) is 11.3. The van der Waals surface area contributed by atoms with E-state index in [1.54, 1.807) is 7.11 Å². The molecule has 1 rings (SSSR count). The molecule has 2 unspecified atom stereocenters. The number of likely N-dealkylation sites (N-methyl/N-ethyl adjacent to an activating group) is 1. The van der Waals surface area contributed by atoms with Gasteiger partial charge >= 0.3 is 0 Å². The molecule has 3 heteroatoms. The smallest absolute Gasteiger partial charge is 0.0630 e. The monoisotopic (exact) mass is 228 g/mol. The third-order valence-corrected chi connectivity index (χ3v) is 3.70. The molecule has 0 amide bonds. The fourth-order valence-corrected chi connectivity index (χ4v) is 2.49. The number of rotatable bonds is 7. The van der Waals surface area contributed by atoms with Gasteiger partial charge in [-0.2, -0.15) is 0 Å². The van der Waals surface area contributed by atoms with Crippen molar-refractivity contribution >= 4 is 0 Å². The van der Waals surface area contributed by atoms with Crippen molar-refractivity contribution in [2.45, 2.75) is 33.2 Å². The Morgan fingerprint density at radius 3 is 2.69 bits per heavy atom. The fraction of sp³-hybridized carbons (Fsp3) is 1.00. The van der Waals surface area contributed by atoms with Crippen LogP contribution >= 0.6 is 0 Å². The number of likely N-dealkylation sites (tertiary alicyclic amines) is 1. The highest BCUT2D eigenvalue weighted by Crippen LogP contribution is 2.25. The summed E-state index contributed by atoms with van der Waals surface area (Å²) in [5.74, 6) is 1.69. The molecular weight excluding hydrogens is 200 g/mol. The van der Waals surface area contributed by atoms with Crippen molar-refractivity contribution in [2.24, 2.45) is 11.8 Å². The lowest BCUT2D eigenvalue weighted by Gasteiger charge is -2.28. The van der Waals surface area contributed by atoms with E-state index in [2.05, 4.69) is 31.0 Å². The lowest BCUT2D eigenvalue weighted by molar-refractivity contribution is 0.101. The van der Waals surface area contributed by atoms with Gasteiger partial charge in [-0.25, -0.2) is 0 Å². The van der Waals surface area contributed by atoms with E-state index in [0.717, 1.165) is 31.5 Å². The minimum atomic E-state index is 0.550. The van der Waals surface area contributed by atoms with Crippen LogP contribution in [0, 0.1) is 11.8 Å². The van der Waals surface area contributed by atoms with Crippen LogP contribution in [0.3, 0.4) is 0 Å². The van der Waals surface area contributed by atoms with Gasteiger partial charge in [0.25, 0.3) is 0 Å². The molecule has 0 aromatic rings. The molecule has 0 aromatic carbocycles.